The van der Waals surface area contributed by atoms with Crippen LogP contribution < -0.4 is 5.32 Å². The first kappa shape index (κ1) is 13.1. The van der Waals surface area contributed by atoms with Crippen LogP contribution in [0.25, 0.3) is 0 Å². The van der Waals surface area contributed by atoms with Crippen LogP contribution in [0.3, 0.4) is 0 Å². The number of nitrogens with zero attached hydrogens (tertiary/aromatic N) is 3. The number of aromatic nitrogens is 3. The van der Waals surface area contributed by atoms with Gasteiger partial charge in [0.15, 0.2) is 0 Å². The third-order valence-corrected chi connectivity index (χ3v) is 2.90. The Morgan fingerprint density at radius 2 is 2.31 bits per heavy atom. The SMILES string of the molecule is CCCC(OC)C(Cc1ncnn1C)NC. The minimum absolute atomic E-state index is 0.228. The molecule has 2 atom stereocenters. The Labute approximate surface area is 97.2 Å². The zero-order valence-electron chi connectivity index (χ0n) is 10.6. The standard InChI is InChI=1S/C11H22N4O/c1-5-6-10(16-4)9(12-2)7-11-13-8-14-15(11)3/h8-10,12H,5-7H2,1-4H3. The summed E-state index contributed by atoms with van der Waals surface area (Å²) in [5.41, 5.74) is 0. The van der Waals surface area contributed by atoms with E-state index in [0.717, 1.165) is 25.1 Å². The second-order valence-electron chi connectivity index (χ2n) is 3.96. The fraction of sp³-hybridized carbons (Fsp3) is 0.818. The van der Waals surface area contributed by atoms with E-state index >= 15 is 0 Å². The molecule has 5 nitrogen and oxygen atoms in total. The minimum Gasteiger partial charge on any atom is -0.380 e. The Kier molecular flexibility index (Phi) is 5.42. The van der Waals surface area contributed by atoms with Crippen LogP contribution >= 0.6 is 0 Å². The number of aryl methyl sites for hydroxylation is 1. The van der Waals surface area contributed by atoms with Crippen molar-refractivity contribution in [1.29, 1.82) is 0 Å². The maximum Gasteiger partial charge on any atom is 0.138 e. The predicted octanol–water partition coefficient (Wildman–Crippen LogP) is 0.761. The minimum atomic E-state index is 0.228. The number of hydrogen-bond donors (Lipinski definition) is 1. The average molecular weight is 226 g/mol. The average Bonchev–Trinajstić information content (AvgIpc) is 2.69. The summed E-state index contributed by atoms with van der Waals surface area (Å²) in [4.78, 5) is 4.24. The van der Waals surface area contributed by atoms with Gasteiger partial charge in [0, 0.05) is 26.6 Å². The van der Waals surface area contributed by atoms with Crippen LogP contribution in [0, 0.1) is 0 Å². The number of hydrogen-bond acceptors (Lipinski definition) is 4. The topological polar surface area (TPSA) is 52.0 Å². The summed E-state index contributed by atoms with van der Waals surface area (Å²) in [5.74, 6) is 0.984. The van der Waals surface area contributed by atoms with E-state index in [4.69, 9.17) is 4.74 Å². The number of methoxy groups -OCH3 is 1. The van der Waals surface area contributed by atoms with Gasteiger partial charge < -0.3 is 10.1 Å². The summed E-state index contributed by atoms with van der Waals surface area (Å²) < 4.78 is 7.32. The first-order valence-corrected chi connectivity index (χ1v) is 5.75. The van der Waals surface area contributed by atoms with Crippen molar-refractivity contribution in [3.63, 3.8) is 0 Å². The lowest BCUT2D eigenvalue weighted by atomic mass is 10.0. The molecule has 92 valence electrons. The van der Waals surface area contributed by atoms with Gasteiger partial charge in [0.1, 0.15) is 12.2 Å². The van der Waals surface area contributed by atoms with E-state index in [0.29, 0.717) is 0 Å². The van der Waals surface area contributed by atoms with Crippen LogP contribution in [0.4, 0.5) is 0 Å². The summed E-state index contributed by atoms with van der Waals surface area (Å²) in [7, 11) is 5.64. The van der Waals surface area contributed by atoms with Gasteiger partial charge in [0.05, 0.1) is 6.10 Å². The van der Waals surface area contributed by atoms with Gasteiger partial charge in [-0.2, -0.15) is 5.10 Å². The van der Waals surface area contributed by atoms with E-state index < -0.39 is 0 Å². The molecule has 0 spiro atoms. The maximum atomic E-state index is 5.51. The molecule has 1 aromatic rings. The first-order chi connectivity index (χ1) is 7.72. The third-order valence-electron chi connectivity index (χ3n) is 2.90. The number of rotatable bonds is 7. The zero-order chi connectivity index (χ0) is 12.0. The smallest absolute Gasteiger partial charge is 0.138 e. The molecule has 0 aliphatic carbocycles. The fourth-order valence-electron chi connectivity index (χ4n) is 1.89. The van der Waals surface area contributed by atoms with Crippen molar-refractivity contribution in [2.45, 2.75) is 38.3 Å². The second kappa shape index (κ2) is 6.60. The van der Waals surface area contributed by atoms with Crippen molar-refractivity contribution in [2.24, 2.45) is 7.05 Å². The Bertz CT molecular complexity index is 300. The van der Waals surface area contributed by atoms with Crippen molar-refractivity contribution >= 4 is 0 Å². The summed E-state index contributed by atoms with van der Waals surface area (Å²) >= 11 is 0. The summed E-state index contributed by atoms with van der Waals surface area (Å²) in [6, 6.07) is 0.285. The van der Waals surface area contributed by atoms with E-state index in [1.54, 1.807) is 13.4 Å². The lowest BCUT2D eigenvalue weighted by molar-refractivity contribution is 0.0624. The van der Waals surface area contributed by atoms with Gasteiger partial charge in [-0.05, 0) is 13.5 Å². The molecule has 0 amide bonds. The molecular weight excluding hydrogens is 204 g/mol. The number of nitrogens with one attached hydrogen (secondary N) is 1. The van der Waals surface area contributed by atoms with E-state index in [2.05, 4.69) is 22.3 Å². The highest BCUT2D eigenvalue weighted by atomic mass is 16.5. The highest BCUT2D eigenvalue weighted by Crippen LogP contribution is 2.10. The largest absolute Gasteiger partial charge is 0.380 e. The summed E-state index contributed by atoms with van der Waals surface area (Å²) in [6.07, 6.45) is 4.83. The third kappa shape index (κ3) is 3.28. The molecule has 1 heterocycles. The van der Waals surface area contributed by atoms with Crippen molar-refractivity contribution < 1.29 is 4.74 Å². The maximum absolute atomic E-state index is 5.51. The van der Waals surface area contributed by atoms with Crippen LogP contribution in [0.15, 0.2) is 6.33 Å². The Balaban J connectivity index is 2.63. The lowest BCUT2D eigenvalue weighted by Gasteiger charge is -2.25. The Hall–Kier alpha value is -0.940. The summed E-state index contributed by atoms with van der Waals surface area (Å²) in [6.45, 7) is 2.17. The van der Waals surface area contributed by atoms with E-state index in [-0.39, 0.29) is 12.1 Å². The van der Waals surface area contributed by atoms with Crippen LogP contribution in [0.2, 0.25) is 0 Å². The molecule has 0 aliphatic rings. The molecule has 1 aromatic heterocycles. The van der Waals surface area contributed by atoms with Gasteiger partial charge in [-0.15, -0.1) is 0 Å². The Morgan fingerprint density at radius 1 is 1.56 bits per heavy atom. The molecule has 0 saturated carbocycles. The van der Waals surface area contributed by atoms with Crippen molar-refractivity contribution in [2.75, 3.05) is 14.2 Å². The van der Waals surface area contributed by atoms with Crippen LogP contribution in [-0.4, -0.2) is 41.1 Å². The molecule has 1 N–H and O–H groups in total. The van der Waals surface area contributed by atoms with E-state index in [9.17, 15) is 0 Å². The van der Waals surface area contributed by atoms with Crippen LogP contribution in [0.1, 0.15) is 25.6 Å². The van der Waals surface area contributed by atoms with Crippen molar-refractivity contribution in [3.05, 3.63) is 12.2 Å². The Morgan fingerprint density at radius 3 is 2.75 bits per heavy atom. The number of ether oxygens (including phenoxy) is 1. The van der Waals surface area contributed by atoms with Crippen LogP contribution in [0.5, 0.6) is 0 Å². The lowest BCUT2D eigenvalue weighted by Crippen LogP contribution is -2.41. The molecule has 1 rings (SSSR count). The van der Waals surface area contributed by atoms with E-state index in [1.807, 2.05) is 18.8 Å². The number of likely N-dealkylation sites (N-methyl/N-ethyl adjacent to an activating group) is 1. The monoisotopic (exact) mass is 226 g/mol. The highest BCUT2D eigenvalue weighted by molar-refractivity contribution is 4.91. The van der Waals surface area contributed by atoms with Crippen LogP contribution in [-0.2, 0) is 18.2 Å². The van der Waals surface area contributed by atoms with Crippen molar-refractivity contribution in [3.8, 4) is 0 Å². The van der Waals surface area contributed by atoms with Gasteiger partial charge in [0.25, 0.3) is 0 Å². The normalized spacial score (nSPS) is 15.0. The van der Waals surface area contributed by atoms with Gasteiger partial charge in [-0.1, -0.05) is 13.3 Å². The first-order valence-electron chi connectivity index (χ1n) is 5.75. The van der Waals surface area contributed by atoms with Crippen molar-refractivity contribution in [1.82, 2.24) is 20.1 Å². The van der Waals surface area contributed by atoms with E-state index in [1.165, 1.54) is 0 Å². The molecular formula is C11H22N4O. The van der Waals surface area contributed by atoms with Gasteiger partial charge >= 0.3 is 0 Å². The molecule has 2 unspecified atom stereocenters. The zero-order valence-corrected chi connectivity index (χ0v) is 10.6. The molecule has 16 heavy (non-hydrogen) atoms. The second-order valence-corrected chi connectivity index (χ2v) is 3.96. The molecule has 0 fully saturated rings. The molecule has 0 aliphatic heterocycles. The molecule has 0 saturated heterocycles. The molecule has 0 bridgehead atoms. The molecule has 0 radical (unpaired) electrons. The predicted molar refractivity (Wildman–Crippen MR) is 63.3 cm³/mol. The molecule has 5 heteroatoms. The van der Waals surface area contributed by atoms with Gasteiger partial charge in [0.2, 0.25) is 0 Å². The quantitative estimate of drug-likeness (QED) is 0.746. The summed E-state index contributed by atoms with van der Waals surface area (Å²) in [5, 5.41) is 7.37. The highest BCUT2D eigenvalue weighted by Gasteiger charge is 2.20. The van der Waals surface area contributed by atoms with Gasteiger partial charge in [-0.25, -0.2) is 4.98 Å². The fourth-order valence-corrected chi connectivity index (χ4v) is 1.89. The molecule has 0 aromatic carbocycles. The van der Waals surface area contributed by atoms with Gasteiger partial charge in [-0.3, -0.25) is 4.68 Å².